The Morgan fingerprint density at radius 1 is 0.462 bits per heavy atom. The quantitative estimate of drug-likeness (QED) is 0.173. The van der Waals surface area contributed by atoms with Gasteiger partial charge in [0.15, 0.2) is 0 Å². The Kier molecular flexibility index (Phi) is 4.03. The topological polar surface area (TPSA) is 0 Å². The maximum absolute atomic E-state index is 3.84. The molecule has 0 amide bonds. The number of halogens is 1. The van der Waals surface area contributed by atoms with Crippen LogP contribution in [0.2, 0.25) is 0 Å². The van der Waals surface area contributed by atoms with E-state index in [1.165, 1.54) is 77.5 Å². The minimum atomic E-state index is -0.339. The zero-order valence-corrected chi connectivity index (χ0v) is 23.4. The Bertz CT molecular complexity index is 2010. The zero-order chi connectivity index (χ0) is 26.1. The van der Waals surface area contributed by atoms with Crippen LogP contribution in [0.1, 0.15) is 47.2 Å². The molecular formula is C38H25Br. The van der Waals surface area contributed by atoms with Crippen molar-refractivity contribution in [1.29, 1.82) is 0 Å². The molecule has 0 bridgehead atoms. The lowest BCUT2D eigenvalue weighted by molar-refractivity contribution is 0.660. The summed E-state index contributed by atoms with van der Waals surface area (Å²) in [7, 11) is 0. The first-order valence-electron chi connectivity index (χ1n) is 13.7. The third-order valence-corrected chi connectivity index (χ3v) is 10.2. The summed E-state index contributed by atoms with van der Waals surface area (Å²) >= 11 is 3.84. The van der Waals surface area contributed by atoms with E-state index < -0.39 is 0 Å². The molecule has 0 aromatic heterocycles. The van der Waals surface area contributed by atoms with Gasteiger partial charge < -0.3 is 0 Å². The second-order valence-corrected chi connectivity index (χ2v) is 12.7. The van der Waals surface area contributed by atoms with E-state index >= 15 is 0 Å². The fraction of sp³-hybridized carbons (Fsp3) is 0.105. The lowest BCUT2D eigenvalue weighted by atomic mass is 9.70. The molecule has 0 aliphatic heterocycles. The molecule has 6 aromatic carbocycles. The van der Waals surface area contributed by atoms with Crippen LogP contribution in [0.15, 0.2) is 120 Å². The van der Waals surface area contributed by atoms with E-state index in [-0.39, 0.29) is 10.8 Å². The molecule has 184 valence electrons. The number of hydrogen-bond donors (Lipinski definition) is 0. The van der Waals surface area contributed by atoms with Crippen LogP contribution in [0.4, 0.5) is 0 Å². The summed E-state index contributed by atoms with van der Waals surface area (Å²) in [4.78, 5) is 0. The van der Waals surface area contributed by atoms with Gasteiger partial charge >= 0.3 is 0 Å². The van der Waals surface area contributed by atoms with E-state index in [2.05, 4.69) is 145 Å². The molecule has 0 heterocycles. The number of fused-ring (bicyclic) bond motifs is 15. The summed E-state index contributed by atoms with van der Waals surface area (Å²) in [6.45, 7) is 4.79. The maximum atomic E-state index is 3.84. The van der Waals surface area contributed by atoms with Crippen molar-refractivity contribution in [3.05, 3.63) is 153 Å². The van der Waals surface area contributed by atoms with Gasteiger partial charge in [-0.25, -0.2) is 0 Å². The predicted octanol–water partition coefficient (Wildman–Crippen LogP) is 10.3. The highest BCUT2D eigenvalue weighted by Gasteiger charge is 2.53. The van der Waals surface area contributed by atoms with Gasteiger partial charge in [0, 0.05) is 9.89 Å². The van der Waals surface area contributed by atoms with Crippen LogP contribution in [0, 0.1) is 0 Å². The van der Waals surface area contributed by atoms with Crippen molar-refractivity contribution in [2.45, 2.75) is 24.7 Å². The van der Waals surface area contributed by atoms with Gasteiger partial charge in [-0.2, -0.15) is 0 Å². The molecule has 6 aromatic rings. The zero-order valence-electron chi connectivity index (χ0n) is 21.8. The Morgan fingerprint density at radius 2 is 1.08 bits per heavy atom. The van der Waals surface area contributed by atoms with Crippen molar-refractivity contribution < 1.29 is 0 Å². The van der Waals surface area contributed by atoms with E-state index in [9.17, 15) is 0 Å². The van der Waals surface area contributed by atoms with Crippen LogP contribution < -0.4 is 0 Å². The molecule has 0 nitrogen and oxygen atoms in total. The molecule has 1 spiro atoms. The van der Waals surface area contributed by atoms with Gasteiger partial charge in [0.1, 0.15) is 0 Å². The summed E-state index contributed by atoms with van der Waals surface area (Å²) in [5.41, 5.74) is 16.2. The van der Waals surface area contributed by atoms with Gasteiger partial charge in [0.05, 0.1) is 5.41 Å². The highest BCUT2D eigenvalue weighted by molar-refractivity contribution is 9.10. The van der Waals surface area contributed by atoms with Crippen molar-refractivity contribution in [2.75, 3.05) is 0 Å². The molecule has 3 aliphatic carbocycles. The lowest BCUT2D eigenvalue weighted by Gasteiger charge is -2.31. The van der Waals surface area contributed by atoms with Gasteiger partial charge in [-0.1, -0.05) is 121 Å². The van der Waals surface area contributed by atoms with Crippen LogP contribution in [-0.2, 0) is 10.8 Å². The van der Waals surface area contributed by atoms with E-state index in [1.807, 2.05) is 0 Å². The first-order valence-corrected chi connectivity index (χ1v) is 14.5. The lowest BCUT2D eigenvalue weighted by Crippen LogP contribution is -2.26. The summed E-state index contributed by atoms with van der Waals surface area (Å²) < 4.78 is 1.12. The average molecular weight is 562 g/mol. The first-order chi connectivity index (χ1) is 19.0. The van der Waals surface area contributed by atoms with Crippen LogP contribution in [0.25, 0.3) is 44.2 Å². The van der Waals surface area contributed by atoms with Gasteiger partial charge in [-0.3, -0.25) is 0 Å². The molecule has 0 N–H and O–H groups in total. The number of benzene rings is 6. The van der Waals surface area contributed by atoms with Crippen molar-refractivity contribution in [1.82, 2.24) is 0 Å². The summed E-state index contributed by atoms with van der Waals surface area (Å²) in [6, 6.07) is 43.6. The molecule has 0 atom stereocenters. The molecule has 1 heteroatoms. The minimum Gasteiger partial charge on any atom is -0.0619 e. The monoisotopic (exact) mass is 560 g/mol. The summed E-state index contributed by atoms with van der Waals surface area (Å²) in [5, 5.41) is 2.65. The summed E-state index contributed by atoms with van der Waals surface area (Å²) in [5.74, 6) is 0. The second kappa shape index (κ2) is 7.17. The number of rotatable bonds is 0. The van der Waals surface area contributed by atoms with E-state index in [0.29, 0.717) is 0 Å². The van der Waals surface area contributed by atoms with Crippen LogP contribution >= 0.6 is 15.9 Å². The molecule has 9 rings (SSSR count). The molecule has 39 heavy (non-hydrogen) atoms. The standard InChI is InChI=1S/C38H25Br/c1-37(2)32-18-15-22-9-3-4-10-24(22)36(32)29-21-35-28(20-33(29)37)27-17-16-23(39)19-34(27)38(35)30-13-7-5-11-25(30)26-12-6-8-14-31(26)38/h3-21H,1-2H3. The Labute approximate surface area is 237 Å². The third-order valence-electron chi connectivity index (χ3n) is 9.73. The summed E-state index contributed by atoms with van der Waals surface area (Å²) in [6.07, 6.45) is 0. The van der Waals surface area contributed by atoms with Crippen LogP contribution in [-0.4, -0.2) is 0 Å². The van der Waals surface area contributed by atoms with Gasteiger partial charge in [0.2, 0.25) is 0 Å². The maximum Gasteiger partial charge on any atom is 0.0726 e. The van der Waals surface area contributed by atoms with Crippen molar-refractivity contribution in [3.8, 4) is 33.4 Å². The highest BCUT2D eigenvalue weighted by atomic mass is 79.9. The predicted molar refractivity (Wildman–Crippen MR) is 166 cm³/mol. The van der Waals surface area contributed by atoms with E-state index in [1.54, 1.807) is 0 Å². The highest BCUT2D eigenvalue weighted by Crippen LogP contribution is 2.65. The molecule has 0 saturated heterocycles. The van der Waals surface area contributed by atoms with Gasteiger partial charge in [-0.05, 0) is 102 Å². The smallest absolute Gasteiger partial charge is 0.0619 e. The molecule has 0 radical (unpaired) electrons. The minimum absolute atomic E-state index is 0.0689. The Morgan fingerprint density at radius 3 is 1.85 bits per heavy atom. The van der Waals surface area contributed by atoms with Crippen LogP contribution in [0.5, 0.6) is 0 Å². The molecule has 0 unspecified atom stereocenters. The van der Waals surface area contributed by atoms with Crippen molar-refractivity contribution >= 4 is 26.7 Å². The van der Waals surface area contributed by atoms with E-state index in [4.69, 9.17) is 0 Å². The van der Waals surface area contributed by atoms with E-state index in [0.717, 1.165) is 4.47 Å². The van der Waals surface area contributed by atoms with Crippen molar-refractivity contribution in [2.24, 2.45) is 0 Å². The second-order valence-electron chi connectivity index (χ2n) is 11.8. The molecule has 0 saturated carbocycles. The molecular weight excluding hydrogens is 536 g/mol. The third kappa shape index (κ3) is 2.47. The van der Waals surface area contributed by atoms with Gasteiger partial charge in [-0.15, -0.1) is 0 Å². The fourth-order valence-electron chi connectivity index (χ4n) is 8.11. The normalized spacial score (nSPS) is 16.0. The Balaban J connectivity index is 1.48. The average Bonchev–Trinajstić information content (AvgIpc) is 3.51. The molecule has 3 aliphatic rings. The van der Waals surface area contributed by atoms with Crippen molar-refractivity contribution in [3.63, 3.8) is 0 Å². The fourth-order valence-corrected chi connectivity index (χ4v) is 8.47. The van der Waals surface area contributed by atoms with Gasteiger partial charge in [0.25, 0.3) is 0 Å². The first kappa shape index (κ1) is 21.9. The van der Waals surface area contributed by atoms with Crippen LogP contribution in [0.3, 0.4) is 0 Å². The largest absolute Gasteiger partial charge is 0.0726 e. The Hall–Kier alpha value is -3.94. The number of hydrogen-bond acceptors (Lipinski definition) is 0. The molecule has 0 fully saturated rings. The SMILES string of the molecule is CC1(C)c2cc3c(cc2-c2c1ccc1ccccc21)C1(c2ccccc2-c2ccccc21)c1cc(Br)ccc1-3.